The van der Waals surface area contributed by atoms with E-state index in [4.69, 9.17) is 0 Å². The van der Waals surface area contributed by atoms with Gasteiger partial charge < -0.3 is 15.7 Å². The number of halogens is 1. The van der Waals surface area contributed by atoms with E-state index < -0.39 is 6.10 Å². The van der Waals surface area contributed by atoms with Crippen molar-refractivity contribution in [1.82, 2.24) is 5.32 Å². The highest BCUT2D eigenvalue weighted by molar-refractivity contribution is 14.1. The first-order valence-corrected chi connectivity index (χ1v) is 7.24. The van der Waals surface area contributed by atoms with E-state index in [-0.39, 0.29) is 12.1 Å². The van der Waals surface area contributed by atoms with Gasteiger partial charge in [-0.3, -0.25) is 0 Å². The Kier molecular flexibility index (Phi) is 4.82. The highest BCUT2D eigenvalue weighted by atomic mass is 127. The third kappa shape index (κ3) is 3.84. The highest BCUT2D eigenvalue weighted by Gasteiger charge is 2.24. The van der Waals surface area contributed by atoms with Crippen molar-refractivity contribution in [3.8, 4) is 0 Å². The van der Waals surface area contributed by atoms with Crippen molar-refractivity contribution in [2.24, 2.45) is 0 Å². The topological polar surface area (TPSA) is 61.4 Å². The van der Waals surface area contributed by atoms with Gasteiger partial charge in [0.25, 0.3) is 0 Å². The van der Waals surface area contributed by atoms with Crippen LogP contribution >= 0.6 is 22.6 Å². The van der Waals surface area contributed by atoms with Crippen molar-refractivity contribution in [1.29, 1.82) is 0 Å². The van der Waals surface area contributed by atoms with Crippen LogP contribution in [-0.4, -0.2) is 23.3 Å². The normalized spacial score (nSPS) is 23.4. The molecule has 1 aromatic carbocycles. The van der Waals surface area contributed by atoms with Crippen LogP contribution in [0, 0.1) is 3.57 Å². The molecule has 98 valence electrons. The van der Waals surface area contributed by atoms with E-state index in [2.05, 4.69) is 33.2 Å². The van der Waals surface area contributed by atoms with Crippen LogP contribution < -0.4 is 10.6 Å². The van der Waals surface area contributed by atoms with Gasteiger partial charge in [-0.2, -0.15) is 0 Å². The second-order valence-corrected chi connectivity index (χ2v) is 5.81. The molecule has 0 aliphatic heterocycles. The number of hydrogen-bond acceptors (Lipinski definition) is 2. The van der Waals surface area contributed by atoms with Crippen LogP contribution in [0.4, 0.5) is 10.5 Å². The zero-order valence-corrected chi connectivity index (χ0v) is 12.2. The lowest BCUT2D eigenvalue weighted by Gasteiger charge is -2.28. The summed E-state index contributed by atoms with van der Waals surface area (Å²) in [4.78, 5) is 11.8. The van der Waals surface area contributed by atoms with Crippen LogP contribution in [0.15, 0.2) is 24.3 Å². The molecule has 0 aromatic heterocycles. The van der Waals surface area contributed by atoms with Crippen molar-refractivity contribution in [3.63, 3.8) is 0 Å². The fourth-order valence-corrected chi connectivity index (χ4v) is 2.51. The van der Waals surface area contributed by atoms with Crippen molar-refractivity contribution in [2.75, 3.05) is 5.32 Å². The quantitative estimate of drug-likeness (QED) is 0.711. The molecule has 1 aliphatic rings. The molecule has 1 fully saturated rings. The Morgan fingerprint density at radius 1 is 1.22 bits per heavy atom. The summed E-state index contributed by atoms with van der Waals surface area (Å²) >= 11 is 2.22. The van der Waals surface area contributed by atoms with Gasteiger partial charge in [-0.25, -0.2) is 4.79 Å². The van der Waals surface area contributed by atoms with E-state index in [1.54, 1.807) is 0 Å². The number of aliphatic hydroxyl groups excluding tert-OH is 1. The fraction of sp³-hybridized carbons (Fsp3) is 0.462. The minimum atomic E-state index is -0.416. The molecule has 1 aliphatic carbocycles. The molecule has 0 unspecified atom stereocenters. The molecule has 5 heteroatoms. The standard InChI is InChI=1S/C13H17IN2O2/c14-9-5-7-10(8-6-9)15-13(18)16-11-3-1-2-4-12(11)17/h5-8,11-12,17H,1-4H2,(H2,15,16,18)/t11-,12-/m1/s1. The van der Waals surface area contributed by atoms with E-state index in [9.17, 15) is 9.90 Å². The summed E-state index contributed by atoms with van der Waals surface area (Å²) < 4.78 is 1.13. The van der Waals surface area contributed by atoms with Gasteiger partial charge in [0.1, 0.15) is 0 Å². The minimum Gasteiger partial charge on any atom is -0.391 e. The maximum absolute atomic E-state index is 11.8. The predicted molar refractivity (Wildman–Crippen MR) is 79.6 cm³/mol. The number of urea groups is 1. The molecular formula is C13H17IN2O2. The summed E-state index contributed by atoms with van der Waals surface area (Å²) in [6, 6.07) is 7.22. The van der Waals surface area contributed by atoms with Crippen LogP contribution in [0.25, 0.3) is 0 Å². The first-order valence-electron chi connectivity index (χ1n) is 6.16. The largest absolute Gasteiger partial charge is 0.391 e. The molecule has 2 rings (SSSR count). The second-order valence-electron chi connectivity index (χ2n) is 4.56. The number of hydrogen-bond donors (Lipinski definition) is 3. The Bertz CT molecular complexity index is 408. The van der Waals surface area contributed by atoms with Crippen molar-refractivity contribution in [3.05, 3.63) is 27.8 Å². The summed E-state index contributed by atoms with van der Waals surface area (Å²) in [6.45, 7) is 0. The Morgan fingerprint density at radius 3 is 2.56 bits per heavy atom. The van der Waals surface area contributed by atoms with E-state index in [1.807, 2.05) is 24.3 Å². The number of aliphatic hydroxyl groups is 1. The van der Waals surface area contributed by atoms with E-state index >= 15 is 0 Å². The molecule has 0 spiro atoms. The molecular weight excluding hydrogens is 343 g/mol. The Labute approximate surface area is 120 Å². The number of carbonyl (C=O) groups excluding carboxylic acids is 1. The second kappa shape index (κ2) is 6.38. The van der Waals surface area contributed by atoms with Gasteiger partial charge in [0.15, 0.2) is 0 Å². The van der Waals surface area contributed by atoms with Gasteiger partial charge in [0.2, 0.25) is 0 Å². The van der Waals surface area contributed by atoms with Crippen molar-refractivity contribution >= 4 is 34.3 Å². The Morgan fingerprint density at radius 2 is 1.89 bits per heavy atom. The predicted octanol–water partition coefficient (Wildman–Crippen LogP) is 2.72. The fourth-order valence-electron chi connectivity index (χ4n) is 2.15. The maximum Gasteiger partial charge on any atom is 0.319 e. The zero-order valence-electron chi connectivity index (χ0n) is 10.0. The zero-order chi connectivity index (χ0) is 13.0. The summed E-state index contributed by atoms with van der Waals surface area (Å²) in [5.41, 5.74) is 0.762. The molecule has 0 radical (unpaired) electrons. The van der Waals surface area contributed by atoms with Crippen molar-refractivity contribution < 1.29 is 9.90 Å². The third-order valence-corrected chi connectivity index (χ3v) is 3.87. The van der Waals surface area contributed by atoms with Gasteiger partial charge in [-0.15, -0.1) is 0 Å². The van der Waals surface area contributed by atoms with E-state index in [0.717, 1.165) is 34.9 Å². The SMILES string of the molecule is O=C(Nc1ccc(I)cc1)N[C@@H]1CCCC[C@H]1O. The van der Waals surface area contributed by atoms with Gasteiger partial charge in [-0.1, -0.05) is 12.8 Å². The van der Waals surface area contributed by atoms with E-state index in [0.29, 0.717) is 0 Å². The average molecular weight is 360 g/mol. The van der Waals surface area contributed by atoms with Crippen LogP contribution in [0.5, 0.6) is 0 Å². The lowest BCUT2D eigenvalue weighted by atomic mass is 9.93. The average Bonchev–Trinajstić information content (AvgIpc) is 2.35. The Balaban J connectivity index is 1.86. The molecule has 1 saturated carbocycles. The van der Waals surface area contributed by atoms with Crippen LogP contribution in [0.1, 0.15) is 25.7 Å². The van der Waals surface area contributed by atoms with Crippen molar-refractivity contribution in [2.45, 2.75) is 37.8 Å². The maximum atomic E-state index is 11.8. The van der Waals surface area contributed by atoms with Crippen LogP contribution in [0.3, 0.4) is 0 Å². The lowest BCUT2D eigenvalue weighted by Crippen LogP contribution is -2.46. The highest BCUT2D eigenvalue weighted by Crippen LogP contribution is 2.18. The minimum absolute atomic E-state index is 0.123. The van der Waals surface area contributed by atoms with Gasteiger partial charge in [-0.05, 0) is 59.7 Å². The molecule has 0 heterocycles. The molecule has 4 nitrogen and oxygen atoms in total. The summed E-state index contributed by atoms with van der Waals surface area (Å²) in [5.74, 6) is 0. The molecule has 2 amide bonds. The molecule has 3 N–H and O–H groups in total. The molecule has 18 heavy (non-hydrogen) atoms. The Hall–Kier alpha value is -0.820. The monoisotopic (exact) mass is 360 g/mol. The van der Waals surface area contributed by atoms with E-state index in [1.165, 1.54) is 0 Å². The number of carbonyl (C=O) groups is 1. The summed E-state index contributed by atoms with van der Waals surface area (Å²) in [6.07, 6.45) is 3.31. The smallest absolute Gasteiger partial charge is 0.319 e. The number of nitrogens with one attached hydrogen (secondary N) is 2. The number of amides is 2. The van der Waals surface area contributed by atoms with Gasteiger partial charge >= 0.3 is 6.03 Å². The number of anilines is 1. The number of rotatable bonds is 2. The first kappa shape index (κ1) is 13.6. The third-order valence-electron chi connectivity index (χ3n) is 3.15. The molecule has 1 aromatic rings. The van der Waals surface area contributed by atoms with Crippen LogP contribution in [0.2, 0.25) is 0 Å². The number of benzene rings is 1. The summed E-state index contributed by atoms with van der Waals surface area (Å²) in [7, 11) is 0. The molecule has 0 saturated heterocycles. The first-order chi connectivity index (χ1) is 8.65. The van der Waals surface area contributed by atoms with Crippen LogP contribution in [-0.2, 0) is 0 Å². The molecule has 2 atom stereocenters. The van der Waals surface area contributed by atoms with Gasteiger partial charge in [0, 0.05) is 9.26 Å². The lowest BCUT2D eigenvalue weighted by molar-refractivity contribution is 0.0955. The summed E-state index contributed by atoms with van der Waals surface area (Å²) in [5, 5.41) is 15.4. The molecule has 0 bridgehead atoms. The van der Waals surface area contributed by atoms with Gasteiger partial charge in [0.05, 0.1) is 12.1 Å².